The molecule has 4 rings (SSSR count). The van der Waals surface area contributed by atoms with Crippen molar-refractivity contribution < 1.29 is 22.9 Å². The number of alkyl halides is 3. The van der Waals surface area contributed by atoms with Gasteiger partial charge in [-0.05, 0) is 73.9 Å². The van der Waals surface area contributed by atoms with E-state index in [4.69, 9.17) is 0 Å². The third-order valence-corrected chi connectivity index (χ3v) is 8.29. The number of benzene rings is 2. The van der Waals surface area contributed by atoms with Crippen LogP contribution in [0.1, 0.15) is 70.4 Å². The molecule has 0 aromatic heterocycles. The fourth-order valence-corrected chi connectivity index (χ4v) is 5.74. The summed E-state index contributed by atoms with van der Waals surface area (Å²) in [6.07, 6.45) is -0.210. The lowest BCUT2D eigenvalue weighted by Gasteiger charge is -2.34. The van der Waals surface area contributed by atoms with Gasteiger partial charge in [0.25, 0.3) is 5.69 Å². The lowest BCUT2D eigenvalue weighted by Crippen LogP contribution is -2.43. The van der Waals surface area contributed by atoms with Crippen molar-refractivity contribution in [2.24, 2.45) is 0 Å². The number of hydrogen-bond donors (Lipinski definition) is 2. The fraction of sp³-hybridized carbons (Fsp3) is 0.581. The van der Waals surface area contributed by atoms with E-state index in [0.29, 0.717) is 38.4 Å². The first kappa shape index (κ1) is 31.6. The van der Waals surface area contributed by atoms with Crippen molar-refractivity contribution in [1.29, 1.82) is 0 Å². The minimum absolute atomic E-state index is 0.108. The Morgan fingerprint density at radius 1 is 0.905 bits per heavy atom. The van der Waals surface area contributed by atoms with E-state index in [1.54, 1.807) is 0 Å². The maximum Gasteiger partial charge on any atom is 0.423 e. The first-order chi connectivity index (χ1) is 19.8. The quantitative estimate of drug-likeness (QED) is 0.251. The van der Waals surface area contributed by atoms with Crippen LogP contribution in [0.4, 0.5) is 30.2 Å². The molecule has 2 heterocycles. The number of anilines is 2. The average molecular weight is 590 g/mol. The number of halogens is 3. The number of nitrogens with zero attached hydrogens (tertiary/aromatic N) is 3. The third kappa shape index (κ3) is 8.59. The van der Waals surface area contributed by atoms with Crippen molar-refractivity contribution in [3.8, 4) is 0 Å². The van der Waals surface area contributed by atoms with Crippen LogP contribution in [0.15, 0.2) is 42.5 Å². The molecule has 0 spiro atoms. The lowest BCUT2D eigenvalue weighted by molar-refractivity contribution is -0.388. The maximum absolute atomic E-state index is 13.3. The highest BCUT2D eigenvalue weighted by atomic mass is 19.4. The molecule has 0 unspecified atom stereocenters. The number of likely N-dealkylation sites (tertiary alicyclic amines) is 2. The zero-order chi connectivity index (χ0) is 30.5. The van der Waals surface area contributed by atoms with Crippen LogP contribution in [0, 0.1) is 10.1 Å². The molecule has 0 saturated carbocycles. The highest BCUT2D eigenvalue weighted by Gasteiger charge is 2.38. The predicted octanol–water partition coefficient (Wildman–Crippen LogP) is 6.67. The van der Waals surface area contributed by atoms with Gasteiger partial charge in [-0.25, -0.2) is 0 Å². The molecular weight excluding hydrogens is 547 g/mol. The van der Waals surface area contributed by atoms with Gasteiger partial charge in [-0.15, -0.1) is 0 Å². The lowest BCUT2D eigenvalue weighted by atomic mass is 9.87. The van der Waals surface area contributed by atoms with Crippen LogP contribution in [0.3, 0.4) is 0 Å². The number of rotatable bonds is 9. The Labute approximate surface area is 245 Å². The van der Waals surface area contributed by atoms with E-state index in [-0.39, 0.29) is 23.1 Å². The van der Waals surface area contributed by atoms with Crippen molar-refractivity contribution in [1.82, 2.24) is 9.80 Å². The molecule has 42 heavy (non-hydrogen) atoms. The number of carbonyl (C=O) groups is 1. The number of nitro groups is 1. The zero-order valence-electron chi connectivity index (χ0n) is 24.7. The Bertz CT molecular complexity index is 1210. The molecule has 2 fully saturated rings. The third-order valence-electron chi connectivity index (χ3n) is 8.29. The minimum Gasteiger partial charge on any atom is -0.382 e. The number of hydrogen-bond acceptors (Lipinski definition) is 6. The largest absolute Gasteiger partial charge is 0.423 e. The second-order valence-electron chi connectivity index (χ2n) is 12.5. The summed E-state index contributed by atoms with van der Waals surface area (Å²) >= 11 is 0. The van der Waals surface area contributed by atoms with Crippen LogP contribution in [0.5, 0.6) is 0 Å². The van der Waals surface area contributed by atoms with Crippen molar-refractivity contribution >= 4 is 23.0 Å². The average Bonchev–Trinajstić information content (AvgIpc) is 2.93. The molecule has 0 aliphatic carbocycles. The molecule has 2 aliphatic heterocycles. The van der Waals surface area contributed by atoms with Gasteiger partial charge in [0, 0.05) is 62.1 Å². The van der Waals surface area contributed by atoms with Crippen molar-refractivity contribution in [3.63, 3.8) is 0 Å². The summed E-state index contributed by atoms with van der Waals surface area (Å²) in [5, 5.41) is 17.7. The summed E-state index contributed by atoms with van der Waals surface area (Å²) in [7, 11) is 0. The highest BCUT2D eigenvalue weighted by molar-refractivity contribution is 5.76. The molecule has 2 aliphatic rings. The van der Waals surface area contributed by atoms with Gasteiger partial charge < -0.3 is 20.4 Å². The molecule has 11 heteroatoms. The Balaban J connectivity index is 1.14. The summed E-state index contributed by atoms with van der Waals surface area (Å²) in [6.45, 7) is 10.6. The van der Waals surface area contributed by atoms with Gasteiger partial charge in [0.05, 0.1) is 4.92 Å². The number of nitro benzene ring substituents is 1. The van der Waals surface area contributed by atoms with Crippen LogP contribution in [0.25, 0.3) is 0 Å². The second-order valence-corrected chi connectivity index (χ2v) is 12.5. The van der Waals surface area contributed by atoms with E-state index < -0.39 is 22.4 Å². The molecule has 2 saturated heterocycles. The van der Waals surface area contributed by atoms with Crippen molar-refractivity contribution in [2.45, 2.75) is 83.0 Å². The normalized spacial score (nSPS) is 17.7. The van der Waals surface area contributed by atoms with Gasteiger partial charge in [-0.2, -0.15) is 13.2 Å². The monoisotopic (exact) mass is 589 g/mol. The van der Waals surface area contributed by atoms with Crippen molar-refractivity contribution in [2.75, 3.05) is 43.4 Å². The Kier molecular flexibility index (Phi) is 10.0. The van der Waals surface area contributed by atoms with Crippen LogP contribution >= 0.6 is 0 Å². The van der Waals surface area contributed by atoms with E-state index in [1.165, 1.54) is 11.6 Å². The summed E-state index contributed by atoms with van der Waals surface area (Å²) in [5.74, 6) is 0.110. The van der Waals surface area contributed by atoms with E-state index in [9.17, 15) is 28.1 Å². The summed E-state index contributed by atoms with van der Waals surface area (Å²) in [5.41, 5.74) is 0.583. The first-order valence-corrected chi connectivity index (χ1v) is 14.8. The zero-order valence-corrected chi connectivity index (χ0v) is 24.7. The Hall–Kier alpha value is -3.34. The standard InChI is InChI=1S/C31H42F3N5O3/c1-30(2,3)22-6-8-23(9-7-22)35-24-12-17-37(18-13-24)16-4-5-29(40)38-19-14-25(15-20-38)36-26-10-11-28(39(41)42)27(21-26)31(32,33)34/h6-11,21,24-25,35-36H,4-5,12-20H2,1-3H3. The summed E-state index contributed by atoms with van der Waals surface area (Å²) in [6, 6.07) is 12.0. The number of amides is 1. The molecule has 1 amide bonds. The molecule has 230 valence electrons. The second kappa shape index (κ2) is 13.3. The summed E-state index contributed by atoms with van der Waals surface area (Å²) in [4.78, 5) is 27.0. The van der Waals surface area contributed by atoms with Crippen LogP contribution in [0.2, 0.25) is 0 Å². The predicted molar refractivity (Wildman–Crippen MR) is 159 cm³/mol. The van der Waals surface area contributed by atoms with E-state index in [1.807, 2.05) is 4.90 Å². The molecule has 0 bridgehead atoms. The molecule has 8 nitrogen and oxygen atoms in total. The number of nitrogens with one attached hydrogen (secondary N) is 2. The van der Waals surface area contributed by atoms with Gasteiger partial charge in [0.1, 0.15) is 5.56 Å². The SMILES string of the molecule is CC(C)(C)c1ccc(NC2CCN(CCCC(=O)N3CCC(Nc4ccc([N+](=O)[O-])c(C(F)(F)F)c4)CC3)CC2)cc1. The van der Waals surface area contributed by atoms with Crippen LogP contribution < -0.4 is 10.6 Å². The molecule has 0 atom stereocenters. The summed E-state index contributed by atoms with van der Waals surface area (Å²) < 4.78 is 39.9. The highest BCUT2D eigenvalue weighted by Crippen LogP contribution is 2.38. The first-order valence-electron chi connectivity index (χ1n) is 14.8. The fourth-order valence-electron chi connectivity index (χ4n) is 5.74. The maximum atomic E-state index is 13.3. The number of carbonyl (C=O) groups excluding carboxylic acids is 1. The van der Waals surface area contributed by atoms with Crippen LogP contribution in [-0.4, -0.2) is 65.4 Å². The van der Waals surface area contributed by atoms with Gasteiger partial charge in [0.2, 0.25) is 5.91 Å². The minimum atomic E-state index is -4.82. The van der Waals surface area contributed by atoms with Gasteiger partial charge in [0.15, 0.2) is 0 Å². The van der Waals surface area contributed by atoms with Gasteiger partial charge in [-0.1, -0.05) is 32.9 Å². The molecule has 0 radical (unpaired) electrons. The molecule has 2 aromatic carbocycles. The molecule has 2 N–H and O–H groups in total. The van der Waals surface area contributed by atoms with Crippen molar-refractivity contribution in [3.05, 3.63) is 63.7 Å². The van der Waals surface area contributed by atoms with E-state index in [0.717, 1.165) is 56.7 Å². The molecule has 2 aromatic rings. The Morgan fingerprint density at radius 3 is 2.00 bits per heavy atom. The molecular formula is C31H42F3N5O3. The van der Waals surface area contributed by atoms with E-state index >= 15 is 0 Å². The Morgan fingerprint density at radius 2 is 1.45 bits per heavy atom. The number of piperidine rings is 2. The van der Waals surface area contributed by atoms with Gasteiger partial charge >= 0.3 is 6.18 Å². The van der Waals surface area contributed by atoms with E-state index in [2.05, 4.69) is 60.6 Å². The topological polar surface area (TPSA) is 90.8 Å². The van der Waals surface area contributed by atoms with Gasteiger partial charge in [-0.3, -0.25) is 14.9 Å². The smallest absolute Gasteiger partial charge is 0.382 e. The van der Waals surface area contributed by atoms with Crippen LogP contribution in [-0.2, 0) is 16.4 Å².